The van der Waals surface area contributed by atoms with E-state index < -0.39 is 7.14 Å². The highest BCUT2D eigenvalue weighted by Gasteiger charge is 2.19. The average molecular weight is 220 g/mol. The first-order valence-electron chi connectivity index (χ1n) is 3.87. The molecule has 0 bridgehead atoms. The Morgan fingerprint density at radius 3 is 2.08 bits per heavy atom. The molecule has 1 aromatic rings. The zero-order chi connectivity index (χ0) is 9.19. The molecular formula is C9H15ClNOP. The van der Waals surface area contributed by atoms with Crippen LogP contribution in [0.1, 0.15) is 11.3 Å². The van der Waals surface area contributed by atoms with Crippen LogP contribution >= 0.6 is 19.5 Å². The number of hydrogen-bond donors (Lipinski definition) is 1. The minimum atomic E-state index is -2.20. The second kappa shape index (κ2) is 4.80. The molecule has 2 N–H and O–H groups in total. The maximum Gasteiger partial charge on any atom is 0.102 e. The van der Waals surface area contributed by atoms with Gasteiger partial charge in [0.15, 0.2) is 0 Å². The standard InChI is InChI=1S/C9H14NOP.ClH/c1-12(2,11)9(10)8-6-4-3-5-7-8;/h3-7,9H,10H2,1-2H3;1H/t9-;/m0./s1. The minimum Gasteiger partial charge on any atom is -0.322 e. The minimum absolute atomic E-state index is 0. The second-order valence-electron chi connectivity index (χ2n) is 3.29. The number of hydrogen-bond acceptors (Lipinski definition) is 2. The largest absolute Gasteiger partial charge is 0.322 e. The van der Waals surface area contributed by atoms with Crippen LogP contribution < -0.4 is 5.73 Å². The Morgan fingerprint density at radius 1 is 1.23 bits per heavy atom. The van der Waals surface area contributed by atoms with Gasteiger partial charge in [0.2, 0.25) is 0 Å². The number of rotatable bonds is 2. The highest BCUT2D eigenvalue weighted by atomic mass is 35.5. The van der Waals surface area contributed by atoms with Crippen LogP contribution in [0.2, 0.25) is 0 Å². The summed E-state index contributed by atoms with van der Waals surface area (Å²) in [5.41, 5.74) is 6.76. The summed E-state index contributed by atoms with van der Waals surface area (Å²) in [5, 5.41) is 0. The maximum absolute atomic E-state index is 11.6. The van der Waals surface area contributed by atoms with Crippen molar-refractivity contribution < 1.29 is 4.57 Å². The van der Waals surface area contributed by atoms with Gasteiger partial charge in [0.1, 0.15) is 7.14 Å². The van der Waals surface area contributed by atoms with Gasteiger partial charge in [-0.1, -0.05) is 30.3 Å². The molecule has 0 aliphatic rings. The van der Waals surface area contributed by atoms with Crippen molar-refractivity contribution in [3.05, 3.63) is 35.9 Å². The van der Waals surface area contributed by atoms with Gasteiger partial charge < -0.3 is 10.3 Å². The molecule has 1 rings (SSSR count). The van der Waals surface area contributed by atoms with Crippen LogP contribution in [-0.2, 0) is 4.57 Å². The summed E-state index contributed by atoms with van der Waals surface area (Å²) in [6.07, 6.45) is 0. The SMILES string of the molecule is CP(C)(=O)[C@H](N)c1ccccc1.Cl. The van der Waals surface area contributed by atoms with E-state index in [0.29, 0.717) is 0 Å². The third-order valence-corrected chi connectivity index (χ3v) is 3.45. The molecule has 0 aliphatic heterocycles. The lowest BCUT2D eigenvalue weighted by Crippen LogP contribution is -2.09. The van der Waals surface area contributed by atoms with Crippen molar-refractivity contribution in [2.75, 3.05) is 13.3 Å². The molecule has 0 aromatic heterocycles. The lowest BCUT2D eigenvalue weighted by atomic mass is 10.2. The molecule has 0 fully saturated rings. The predicted molar refractivity (Wildman–Crippen MR) is 60.1 cm³/mol. The third kappa shape index (κ3) is 3.51. The van der Waals surface area contributed by atoms with E-state index in [0.717, 1.165) is 5.56 Å². The highest BCUT2D eigenvalue weighted by Crippen LogP contribution is 2.48. The van der Waals surface area contributed by atoms with Gasteiger partial charge in [-0.2, -0.15) is 0 Å². The normalized spacial score (nSPS) is 13.2. The fourth-order valence-corrected chi connectivity index (χ4v) is 1.90. The van der Waals surface area contributed by atoms with Crippen LogP contribution in [0.4, 0.5) is 0 Å². The Hall–Kier alpha value is -0.300. The van der Waals surface area contributed by atoms with Gasteiger partial charge in [0.25, 0.3) is 0 Å². The van der Waals surface area contributed by atoms with E-state index in [4.69, 9.17) is 5.73 Å². The predicted octanol–water partition coefficient (Wildman–Crippen LogP) is 2.69. The third-order valence-electron chi connectivity index (χ3n) is 1.81. The zero-order valence-electron chi connectivity index (χ0n) is 7.81. The summed E-state index contributed by atoms with van der Waals surface area (Å²) in [5.74, 6) is -0.321. The quantitative estimate of drug-likeness (QED) is 0.778. The second-order valence-corrected chi connectivity index (χ2v) is 6.71. The molecule has 0 saturated heterocycles. The Balaban J connectivity index is 0.00000144. The summed E-state index contributed by atoms with van der Waals surface area (Å²) in [6.45, 7) is 3.43. The van der Waals surface area contributed by atoms with Gasteiger partial charge in [0.05, 0.1) is 5.78 Å². The molecule has 0 heterocycles. The Labute approximate surface area is 85.3 Å². The fourth-order valence-electron chi connectivity index (χ4n) is 1.01. The van der Waals surface area contributed by atoms with Gasteiger partial charge in [-0.15, -0.1) is 12.4 Å². The first kappa shape index (κ1) is 12.7. The number of halogens is 1. The van der Waals surface area contributed by atoms with Crippen molar-refractivity contribution in [2.45, 2.75) is 5.78 Å². The molecule has 13 heavy (non-hydrogen) atoms. The molecule has 0 amide bonds. The van der Waals surface area contributed by atoms with E-state index >= 15 is 0 Å². The molecule has 1 atom stereocenters. The van der Waals surface area contributed by atoms with Crippen LogP contribution in [0.5, 0.6) is 0 Å². The summed E-state index contributed by atoms with van der Waals surface area (Å²) in [4.78, 5) is 0. The summed E-state index contributed by atoms with van der Waals surface area (Å²) < 4.78 is 11.6. The van der Waals surface area contributed by atoms with Crippen LogP contribution in [0.15, 0.2) is 30.3 Å². The number of benzene rings is 1. The monoisotopic (exact) mass is 219 g/mol. The first-order chi connectivity index (χ1) is 5.52. The highest BCUT2D eigenvalue weighted by molar-refractivity contribution is 7.62. The molecule has 74 valence electrons. The van der Waals surface area contributed by atoms with E-state index in [1.807, 2.05) is 30.3 Å². The van der Waals surface area contributed by atoms with Gasteiger partial charge in [0, 0.05) is 0 Å². The zero-order valence-corrected chi connectivity index (χ0v) is 9.52. The molecule has 0 radical (unpaired) electrons. The van der Waals surface area contributed by atoms with Crippen molar-refractivity contribution in [2.24, 2.45) is 5.73 Å². The molecule has 4 heteroatoms. The molecule has 0 spiro atoms. The van der Waals surface area contributed by atoms with Gasteiger partial charge in [-0.3, -0.25) is 0 Å². The van der Waals surface area contributed by atoms with Crippen LogP contribution in [0.3, 0.4) is 0 Å². The van der Waals surface area contributed by atoms with Crippen LogP contribution in [0.25, 0.3) is 0 Å². The summed E-state index contributed by atoms with van der Waals surface area (Å²) >= 11 is 0. The molecular weight excluding hydrogens is 205 g/mol. The van der Waals surface area contributed by atoms with Crippen LogP contribution in [-0.4, -0.2) is 13.3 Å². The molecule has 0 unspecified atom stereocenters. The van der Waals surface area contributed by atoms with Crippen LogP contribution in [0, 0.1) is 0 Å². The van der Waals surface area contributed by atoms with Gasteiger partial charge >= 0.3 is 0 Å². The average Bonchev–Trinajstić information content (AvgIpc) is 2.03. The lowest BCUT2D eigenvalue weighted by molar-refractivity contribution is 0.574. The van der Waals surface area contributed by atoms with Crippen molar-refractivity contribution >= 4 is 19.5 Å². The van der Waals surface area contributed by atoms with E-state index in [1.165, 1.54) is 0 Å². The lowest BCUT2D eigenvalue weighted by Gasteiger charge is -2.16. The van der Waals surface area contributed by atoms with E-state index in [1.54, 1.807) is 13.3 Å². The fraction of sp³-hybridized carbons (Fsp3) is 0.333. The smallest absolute Gasteiger partial charge is 0.102 e. The first-order valence-corrected chi connectivity index (χ1v) is 6.54. The Kier molecular flexibility index (Phi) is 4.69. The van der Waals surface area contributed by atoms with Crippen molar-refractivity contribution in [3.8, 4) is 0 Å². The van der Waals surface area contributed by atoms with E-state index in [2.05, 4.69) is 0 Å². The molecule has 0 aliphatic carbocycles. The van der Waals surface area contributed by atoms with E-state index in [-0.39, 0.29) is 18.2 Å². The van der Waals surface area contributed by atoms with Crippen molar-refractivity contribution in [1.82, 2.24) is 0 Å². The topological polar surface area (TPSA) is 43.1 Å². The Bertz CT molecular complexity index is 296. The molecule has 2 nitrogen and oxygen atoms in total. The number of nitrogens with two attached hydrogens (primary N) is 1. The van der Waals surface area contributed by atoms with Gasteiger partial charge in [-0.05, 0) is 18.9 Å². The Morgan fingerprint density at radius 2 is 1.69 bits per heavy atom. The van der Waals surface area contributed by atoms with Crippen molar-refractivity contribution in [3.63, 3.8) is 0 Å². The maximum atomic E-state index is 11.6. The summed E-state index contributed by atoms with van der Waals surface area (Å²) in [6, 6.07) is 9.55. The summed E-state index contributed by atoms with van der Waals surface area (Å²) in [7, 11) is -2.20. The van der Waals surface area contributed by atoms with Crippen molar-refractivity contribution in [1.29, 1.82) is 0 Å². The molecule has 1 aromatic carbocycles. The van der Waals surface area contributed by atoms with E-state index in [9.17, 15) is 4.57 Å². The molecule has 0 saturated carbocycles. The van der Waals surface area contributed by atoms with Gasteiger partial charge in [-0.25, -0.2) is 0 Å².